The summed E-state index contributed by atoms with van der Waals surface area (Å²) in [5.74, 6) is 0.836. The number of nitrogens with two attached hydrogens (primary N) is 1. The van der Waals surface area contributed by atoms with Crippen molar-refractivity contribution in [2.24, 2.45) is 17.6 Å². The van der Waals surface area contributed by atoms with E-state index in [1.54, 1.807) is 22.8 Å². The largest absolute Gasteiger partial charge is 0.345 e. The van der Waals surface area contributed by atoms with Crippen LogP contribution in [-0.4, -0.2) is 41.8 Å². The van der Waals surface area contributed by atoms with Gasteiger partial charge in [0, 0.05) is 41.4 Å². The maximum atomic E-state index is 13.1. The molecule has 0 amide bonds. The fourth-order valence-electron chi connectivity index (χ4n) is 3.93. The fraction of sp³-hybridized carbons (Fsp3) is 0.533. The zero-order valence-electron chi connectivity index (χ0n) is 12.6. The van der Waals surface area contributed by atoms with Crippen molar-refractivity contribution >= 4 is 37.0 Å². The zero-order valence-corrected chi connectivity index (χ0v) is 15.0. The van der Waals surface area contributed by atoms with Gasteiger partial charge in [-0.2, -0.15) is 4.31 Å². The predicted octanol–water partition coefficient (Wildman–Crippen LogP) is 2.07. The van der Waals surface area contributed by atoms with Crippen molar-refractivity contribution < 1.29 is 8.42 Å². The average molecular weight is 399 g/mol. The topological polar surface area (TPSA) is 92.1 Å². The zero-order chi connectivity index (χ0) is 16.2. The molecule has 4 rings (SSSR count). The van der Waals surface area contributed by atoms with E-state index < -0.39 is 10.0 Å². The number of nitrogens with one attached hydrogen (secondary N) is 1. The Morgan fingerprint density at radius 3 is 2.91 bits per heavy atom. The van der Waals surface area contributed by atoms with Crippen LogP contribution in [0, 0.1) is 11.8 Å². The van der Waals surface area contributed by atoms with Gasteiger partial charge in [-0.25, -0.2) is 13.4 Å². The van der Waals surface area contributed by atoms with Gasteiger partial charge in [0.05, 0.1) is 0 Å². The van der Waals surface area contributed by atoms with Gasteiger partial charge in [-0.1, -0.05) is 0 Å². The molecule has 6 nitrogen and oxygen atoms in total. The van der Waals surface area contributed by atoms with Crippen LogP contribution in [0.2, 0.25) is 0 Å². The molecule has 2 fully saturated rings. The summed E-state index contributed by atoms with van der Waals surface area (Å²) >= 11 is 3.36. The van der Waals surface area contributed by atoms with Crippen molar-refractivity contribution in [3.05, 3.63) is 22.9 Å². The molecular formula is C15H19BrN4O2S. The summed E-state index contributed by atoms with van der Waals surface area (Å²) in [4.78, 5) is 7.49. The van der Waals surface area contributed by atoms with Crippen LogP contribution in [0.4, 0.5) is 0 Å². The van der Waals surface area contributed by atoms with Gasteiger partial charge in [0.25, 0.3) is 0 Å². The summed E-state index contributed by atoms with van der Waals surface area (Å²) in [5.41, 5.74) is 6.63. The van der Waals surface area contributed by atoms with Gasteiger partial charge in [-0.05, 0) is 53.1 Å². The maximum absolute atomic E-state index is 13.1. The summed E-state index contributed by atoms with van der Waals surface area (Å²) in [7, 11) is -3.51. The van der Waals surface area contributed by atoms with Crippen molar-refractivity contribution in [1.82, 2.24) is 14.3 Å². The minimum atomic E-state index is -3.51. The number of H-pyrrole nitrogens is 1. The Morgan fingerprint density at radius 2 is 2.09 bits per heavy atom. The average Bonchev–Trinajstić information content (AvgIpc) is 3.10. The van der Waals surface area contributed by atoms with E-state index >= 15 is 0 Å². The van der Waals surface area contributed by atoms with E-state index in [0.29, 0.717) is 40.9 Å². The summed E-state index contributed by atoms with van der Waals surface area (Å²) in [6.45, 7) is 1.18. The molecule has 0 radical (unpaired) electrons. The smallest absolute Gasteiger partial charge is 0.245 e. The van der Waals surface area contributed by atoms with E-state index in [-0.39, 0.29) is 6.04 Å². The van der Waals surface area contributed by atoms with Crippen LogP contribution in [0.15, 0.2) is 27.8 Å². The number of hydrogen-bond acceptors (Lipinski definition) is 4. The van der Waals surface area contributed by atoms with E-state index in [1.165, 1.54) is 0 Å². The number of fused-ring (bicyclic) bond motifs is 2. The molecule has 1 saturated carbocycles. The van der Waals surface area contributed by atoms with Crippen molar-refractivity contribution in [2.45, 2.75) is 30.2 Å². The predicted molar refractivity (Wildman–Crippen MR) is 91.4 cm³/mol. The molecule has 2 aromatic heterocycles. The van der Waals surface area contributed by atoms with Crippen LogP contribution >= 0.6 is 15.9 Å². The van der Waals surface area contributed by atoms with E-state index in [1.807, 2.05) is 0 Å². The van der Waals surface area contributed by atoms with Crippen LogP contribution in [0.25, 0.3) is 11.0 Å². The maximum Gasteiger partial charge on any atom is 0.245 e. The van der Waals surface area contributed by atoms with E-state index in [9.17, 15) is 8.42 Å². The third-order valence-electron chi connectivity index (χ3n) is 5.13. The van der Waals surface area contributed by atoms with Crippen molar-refractivity contribution in [2.75, 3.05) is 13.1 Å². The molecule has 1 saturated heterocycles. The minimum absolute atomic E-state index is 0.215. The second-order valence-corrected chi connectivity index (χ2v) is 9.44. The molecule has 0 aromatic carbocycles. The molecule has 8 heteroatoms. The Hall–Kier alpha value is -0.960. The summed E-state index contributed by atoms with van der Waals surface area (Å²) in [5, 5.41) is 0.631. The normalized spacial score (nSPS) is 29.0. The van der Waals surface area contributed by atoms with Crippen molar-refractivity contribution in [3.8, 4) is 0 Å². The molecule has 0 spiro atoms. The Balaban J connectivity index is 1.69. The Labute approximate surface area is 143 Å². The van der Waals surface area contributed by atoms with E-state index in [4.69, 9.17) is 5.73 Å². The van der Waals surface area contributed by atoms with Crippen LogP contribution in [-0.2, 0) is 10.0 Å². The number of pyridine rings is 1. The second kappa shape index (κ2) is 5.54. The summed E-state index contributed by atoms with van der Waals surface area (Å²) < 4.78 is 28.5. The van der Waals surface area contributed by atoms with Crippen LogP contribution in [0.1, 0.15) is 19.3 Å². The monoisotopic (exact) mass is 398 g/mol. The molecule has 2 aliphatic rings. The van der Waals surface area contributed by atoms with Gasteiger partial charge >= 0.3 is 0 Å². The van der Waals surface area contributed by atoms with Gasteiger partial charge in [0.2, 0.25) is 10.0 Å². The standard InChI is InChI=1S/C15H19BrN4O2S/c16-11-4-13-14(6-19-15(13)18-5-11)23(21,22)20-7-9-1-2-12(17)3-10(9)8-20/h4-6,9-10,12H,1-3,7-8,17H2,(H,18,19). The number of aromatic amines is 1. The molecule has 2 aromatic rings. The van der Waals surface area contributed by atoms with Crippen molar-refractivity contribution in [1.29, 1.82) is 0 Å². The molecule has 1 aliphatic heterocycles. The van der Waals surface area contributed by atoms with Gasteiger partial charge < -0.3 is 10.7 Å². The van der Waals surface area contributed by atoms with Crippen LogP contribution in [0.3, 0.4) is 0 Å². The van der Waals surface area contributed by atoms with Crippen LogP contribution in [0.5, 0.6) is 0 Å². The lowest BCUT2D eigenvalue weighted by Crippen LogP contribution is -2.32. The lowest BCUT2D eigenvalue weighted by Gasteiger charge is -2.28. The summed E-state index contributed by atoms with van der Waals surface area (Å²) in [6.07, 6.45) is 6.16. The van der Waals surface area contributed by atoms with Crippen molar-refractivity contribution in [3.63, 3.8) is 0 Å². The lowest BCUT2D eigenvalue weighted by atomic mass is 9.79. The first-order valence-corrected chi connectivity index (χ1v) is 10.1. The molecule has 3 unspecified atom stereocenters. The van der Waals surface area contributed by atoms with E-state index in [0.717, 1.165) is 23.7 Å². The highest BCUT2D eigenvalue weighted by molar-refractivity contribution is 9.10. The first-order valence-electron chi connectivity index (χ1n) is 7.83. The SMILES string of the molecule is NC1CCC2CN(S(=O)(=O)c3c[nH]c4ncc(Br)cc34)CC2C1. The molecule has 3 atom stereocenters. The molecule has 3 N–H and O–H groups in total. The number of hydrogen-bond donors (Lipinski definition) is 2. The van der Waals surface area contributed by atoms with E-state index in [2.05, 4.69) is 25.9 Å². The number of halogens is 1. The Bertz CT molecular complexity index is 850. The highest BCUT2D eigenvalue weighted by Gasteiger charge is 2.42. The molecule has 1 aliphatic carbocycles. The number of sulfonamides is 1. The van der Waals surface area contributed by atoms with Gasteiger partial charge in [0.1, 0.15) is 10.5 Å². The van der Waals surface area contributed by atoms with Gasteiger partial charge in [-0.15, -0.1) is 0 Å². The minimum Gasteiger partial charge on any atom is -0.345 e. The third-order valence-corrected chi connectivity index (χ3v) is 7.44. The second-order valence-electron chi connectivity index (χ2n) is 6.62. The summed E-state index contributed by atoms with van der Waals surface area (Å²) in [6, 6.07) is 2.01. The lowest BCUT2D eigenvalue weighted by molar-refractivity contribution is 0.271. The third kappa shape index (κ3) is 2.61. The highest BCUT2D eigenvalue weighted by atomic mass is 79.9. The molecule has 124 valence electrons. The molecular weight excluding hydrogens is 380 g/mol. The number of aromatic nitrogens is 2. The molecule has 23 heavy (non-hydrogen) atoms. The van der Waals surface area contributed by atoms with Gasteiger partial charge in [-0.3, -0.25) is 0 Å². The molecule has 0 bridgehead atoms. The van der Waals surface area contributed by atoms with Gasteiger partial charge in [0.15, 0.2) is 0 Å². The Kier molecular flexibility index (Phi) is 3.75. The quantitative estimate of drug-likeness (QED) is 0.809. The number of rotatable bonds is 2. The first-order chi connectivity index (χ1) is 10.9. The molecule has 3 heterocycles. The highest BCUT2D eigenvalue weighted by Crippen LogP contribution is 2.38. The first kappa shape index (κ1) is 15.6. The Morgan fingerprint density at radius 1 is 1.30 bits per heavy atom. The number of nitrogens with zero attached hydrogens (tertiary/aromatic N) is 2. The fourth-order valence-corrected chi connectivity index (χ4v) is 5.95. The van der Waals surface area contributed by atoms with Crippen LogP contribution < -0.4 is 5.73 Å².